The fraction of sp³-hybridized carbons (Fsp3) is 0.455. The normalized spacial score (nSPS) is 16.8. The lowest BCUT2D eigenvalue weighted by atomic mass is 10.0. The van der Waals surface area contributed by atoms with Crippen molar-refractivity contribution in [3.8, 4) is 22.6 Å². The third kappa shape index (κ3) is 8.11. The third-order valence-corrected chi connectivity index (χ3v) is 6.01. The Hall–Kier alpha value is -3.26. The average Bonchev–Trinajstić information content (AvgIpc) is 2.86. The lowest BCUT2D eigenvalue weighted by molar-refractivity contribution is -0.470. The van der Waals surface area contributed by atoms with Crippen molar-refractivity contribution >= 4 is 34.6 Å². The molecule has 0 aromatic heterocycles. The van der Waals surface area contributed by atoms with E-state index in [1.165, 1.54) is 0 Å². The Balaban J connectivity index is 2.62. The number of halogens is 22. The first kappa shape index (κ1) is 42.9. The zero-order valence-electron chi connectivity index (χ0n) is 22.6. The largest absolute Gasteiger partial charge is 0.476 e. The van der Waals surface area contributed by atoms with Gasteiger partial charge in [0.25, 0.3) is 0 Å². The summed E-state index contributed by atoms with van der Waals surface area (Å²) in [6.07, 6.45) is -41.6. The minimum absolute atomic E-state index is 0.0842. The number of ether oxygens (including phenoxy) is 4. The second-order valence-corrected chi connectivity index (χ2v) is 10.1. The van der Waals surface area contributed by atoms with Gasteiger partial charge in [0.2, 0.25) is 0 Å². The number of hydrogen-bond donors (Lipinski definition) is 2. The zero-order valence-corrected chi connectivity index (χ0v) is 24.1. The fourth-order valence-corrected chi connectivity index (χ4v) is 3.26. The van der Waals surface area contributed by atoms with Crippen LogP contribution in [0.25, 0.3) is 11.1 Å². The minimum Gasteiger partial charge on any atom is -0.427 e. The molecule has 6 nitrogen and oxygen atoms in total. The third-order valence-electron chi connectivity index (χ3n) is 5.41. The molecule has 0 aliphatic carbocycles. The van der Waals surface area contributed by atoms with E-state index in [0.29, 0.717) is 24.3 Å². The van der Waals surface area contributed by atoms with Gasteiger partial charge in [0.05, 0.1) is 0 Å². The summed E-state index contributed by atoms with van der Waals surface area (Å²) in [6, 6.07) is 2.08. The molecule has 50 heavy (non-hydrogen) atoms. The molecule has 2 atom stereocenters. The maximum atomic E-state index is 14.6. The standard InChI is InChI=1S/C22H10Cl2F20N2O4/c23-15(29,49-19(37,38)13(25,26)17(31,32)33)21(41,42)47-11-5-7(45)1-3-9(11)10-4-2-8(46)6-12(10)48-22(43,44)16(24,30)50-20(39,40)14(27,28)18(34,35)36/h1-6H,45-46H2. The van der Waals surface area contributed by atoms with Crippen molar-refractivity contribution in [1.82, 2.24) is 0 Å². The Morgan fingerprint density at radius 3 is 0.920 bits per heavy atom. The summed E-state index contributed by atoms with van der Waals surface area (Å²) in [4.78, 5) is 0. The van der Waals surface area contributed by atoms with E-state index in [9.17, 15) is 87.8 Å². The van der Waals surface area contributed by atoms with Crippen LogP contribution in [0.5, 0.6) is 11.5 Å². The molecule has 286 valence electrons. The number of nitrogens with two attached hydrogens (primary N) is 2. The molecule has 0 heterocycles. The van der Waals surface area contributed by atoms with Gasteiger partial charge in [-0.05, 0) is 47.5 Å². The quantitative estimate of drug-likeness (QED) is 0.119. The minimum atomic E-state index is -7.39. The molecule has 0 aliphatic rings. The van der Waals surface area contributed by atoms with E-state index >= 15 is 0 Å². The van der Waals surface area contributed by atoms with Crippen molar-refractivity contribution in [3.05, 3.63) is 36.4 Å². The smallest absolute Gasteiger partial charge is 0.427 e. The molecule has 2 aromatic carbocycles. The predicted molar refractivity (Wildman–Crippen MR) is 125 cm³/mol. The number of rotatable bonds is 13. The van der Waals surface area contributed by atoms with E-state index in [1.54, 1.807) is 0 Å². The predicted octanol–water partition coefficient (Wildman–Crippen LogP) is 9.80. The van der Waals surface area contributed by atoms with Crippen LogP contribution in [0.15, 0.2) is 36.4 Å². The molecule has 4 N–H and O–H groups in total. The van der Waals surface area contributed by atoms with Gasteiger partial charge in [-0.1, -0.05) is 0 Å². The van der Waals surface area contributed by atoms with Gasteiger partial charge in [-0.2, -0.15) is 87.8 Å². The first-order valence-electron chi connectivity index (χ1n) is 11.6. The SMILES string of the molecule is Nc1ccc(-c2ccc(N)cc2OC(F)(F)C(F)(Cl)OC(F)(F)C(F)(F)C(F)(F)F)c(OC(F)(F)C(F)(Cl)OC(F)(F)C(F)(F)C(F)(F)F)c1. The van der Waals surface area contributed by atoms with Crippen molar-refractivity contribution < 1.29 is 107 Å². The Bertz CT molecular complexity index is 1440. The average molecular weight is 817 g/mol. The van der Waals surface area contributed by atoms with E-state index in [4.69, 9.17) is 11.5 Å². The monoisotopic (exact) mass is 816 g/mol. The second kappa shape index (κ2) is 12.8. The number of anilines is 2. The van der Waals surface area contributed by atoms with Crippen LogP contribution >= 0.6 is 23.2 Å². The van der Waals surface area contributed by atoms with E-state index in [1.807, 2.05) is 0 Å². The maximum absolute atomic E-state index is 14.6. The van der Waals surface area contributed by atoms with Gasteiger partial charge >= 0.3 is 59.3 Å². The number of nitrogen functional groups attached to an aromatic ring is 2. The van der Waals surface area contributed by atoms with Crippen molar-refractivity contribution in [2.75, 3.05) is 11.5 Å². The summed E-state index contributed by atoms with van der Waals surface area (Å²) in [5.41, 5.74) is 6.42. The van der Waals surface area contributed by atoms with Gasteiger partial charge in [0, 0.05) is 34.6 Å². The molecule has 0 saturated heterocycles. The molecule has 0 radical (unpaired) electrons. The molecule has 0 fully saturated rings. The maximum Gasteiger partial charge on any atom is 0.476 e. The molecule has 2 rings (SSSR count). The van der Waals surface area contributed by atoms with Crippen LogP contribution < -0.4 is 20.9 Å². The Morgan fingerprint density at radius 2 is 0.680 bits per heavy atom. The molecule has 0 bridgehead atoms. The van der Waals surface area contributed by atoms with Crippen LogP contribution in [-0.4, -0.2) is 59.3 Å². The summed E-state index contributed by atoms with van der Waals surface area (Å²) >= 11 is 8.77. The van der Waals surface area contributed by atoms with Crippen LogP contribution in [0.1, 0.15) is 0 Å². The first-order chi connectivity index (χ1) is 21.9. The highest BCUT2D eigenvalue weighted by atomic mass is 35.5. The lowest BCUT2D eigenvalue weighted by Gasteiger charge is -2.34. The van der Waals surface area contributed by atoms with E-state index in [0.717, 1.165) is 0 Å². The van der Waals surface area contributed by atoms with Gasteiger partial charge in [-0.3, -0.25) is 9.47 Å². The Labute approximate surface area is 271 Å². The summed E-state index contributed by atoms with van der Waals surface area (Å²) < 4.78 is 280. The van der Waals surface area contributed by atoms with Gasteiger partial charge in [-0.15, -0.1) is 0 Å². The molecule has 0 saturated carbocycles. The summed E-state index contributed by atoms with van der Waals surface area (Å²) in [6.45, 7) is 0. The highest BCUT2D eigenvalue weighted by Crippen LogP contribution is 2.55. The summed E-state index contributed by atoms with van der Waals surface area (Å²) in [5, 5.41) is -12.4. The highest BCUT2D eigenvalue weighted by molar-refractivity contribution is 6.22. The van der Waals surface area contributed by atoms with Crippen LogP contribution in [0, 0.1) is 0 Å². The molecule has 0 aliphatic heterocycles. The molecule has 28 heteroatoms. The number of benzene rings is 2. The van der Waals surface area contributed by atoms with Gasteiger partial charge in [0.1, 0.15) is 11.5 Å². The van der Waals surface area contributed by atoms with Crippen LogP contribution in [0.2, 0.25) is 0 Å². The van der Waals surface area contributed by atoms with Crippen molar-refractivity contribution in [2.45, 2.75) is 59.3 Å². The van der Waals surface area contributed by atoms with Crippen LogP contribution in [-0.2, 0) is 9.47 Å². The molecular weight excluding hydrogens is 807 g/mol. The van der Waals surface area contributed by atoms with Gasteiger partial charge in [-0.25, -0.2) is 0 Å². The van der Waals surface area contributed by atoms with E-state index in [2.05, 4.69) is 42.1 Å². The van der Waals surface area contributed by atoms with Crippen LogP contribution in [0.3, 0.4) is 0 Å². The number of alkyl halides is 22. The highest BCUT2D eigenvalue weighted by Gasteiger charge is 2.80. The Morgan fingerprint density at radius 1 is 0.420 bits per heavy atom. The van der Waals surface area contributed by atoms with Crippen molar-refractivity contribution in [1.29, 1.82) is 0 Å². The van der Waals surface area contributed by atoms with Gasteiger partial charge < -0.3 is 20.9 Å². The van der Waals surface area contributed by atoms with Gasteiger partial charge in [0.15, 0.2) is 0 Å². The summed E-state index contributed by atoms with van der Waals surface area (Å²) in [7, 11) is 0. The molecule has 0 amide bonds. The van der Waals surface area contributed by atoms with E-state index < -0.39 is 93.3 Å². The molecule has 0 spiro atoms. The first-order valence-corrected chi connectivity index (χ1v) is 12.3. The topological polar surface area (TPSA) is 89.0 Å². The van der Waals surface area contributed by atoms with E-state index in [-0.39, 0.29) is 12.1 Å². The molecule has 2 unspecified atom stereocenters. The van der Waals surface area contributed by atoms with Crippen molar-refractivity contribution in [2.24, 2.45) is 0 Å². The fourth-order valence-electron chi connectivity index (χ4n) is 2.99. The summed E-state index contributed by atoms with van der Waals surface area (Å²) in [5.74, 6) is -18.4. The Kier molecular flexibility index (Phi) is 10.9. The molecular formula is C22H10Cl2F20N2O4. The zero-order chi connectivity index (χ0) is 39.5. The lowest BCUT2D eigenvalue weighted by Crippen LogP contribution is -2.59. The second-order valence-electron chi connectivity index (χ2n) is 9.16. The molecule has 2 aromatic rings. The van der Waals surface area contributed by atoms with Crippen LogP contribution in [0.4, 0.5) is 99.2 Å². The van der Waals surface area contributed by atoms with Crippen molar-refractivity contribution in [3.63, 3.8) is 0 Å². The number of hydrogen-bond acceptors (Lipinski definition) is 6.